The number of fused-ring (bicyclic) bond motifs is 1. The number of phenolic OH excluding ortho intramolecular Hbond substituents is 1. The number of aryl methyl sites for hydroxylation is 2. The summed E-state index contributed by atoms with van der Waals surface area (Å²) in [5.74, 6) is 1.32. The molecule has 3 aromatic carbocycles. The van der Waals surface area contributed by atoms with Gasteiger partial charge in [-0.15, -0.1) is 0 Å². The minimum absolute atomic E-state index is 0.0640. The molecule has 1 fully saturated rings. The number of nitrogens with zero attached hydrogens (tertiary/aromatic N) is 2. The summed E-state index contributed by atoms with van der Waals surface area (Å²) in [5, 5.41) is 17.3. The van der Waals surface area contributed by atoms with E-state index in [1.54, 1.807) is 19.2 Å². The zero-order valence-electron chi connectivity index (χ0n) is 21.8. The van der Waals surface area contributed by atoms with Crippen LogP contribution in [0.5, 0.6) is 11.5 Å². The average molecular weight is 497 g/mol. The molecule has 0 saturated heterocycles. The molecule has 0 atom stereocenters. The molecule has 7 nitrogen and oxygen atoms in total. The largest absolute Gasteiger partial charge is 0.508 e. The van der Waals surface area contributed by atoms with Crippen molar-refractivity contribution >= 4 is 22.8 Å². The summed E-state index contributed by atoms with van der Waals surface area (Å²) in [5.41, 5.74) is 6.74. The maximum Gasteiger partial charge on any atom is 0.251 e. The van der Waals surface area contributed by atoms with Gasteiger partial charge in [0, 0.05) is 34.8 Å². The lowest BCUT2D eigenvalue weighted by Gasteiger charge is -2.20. The van der Waals surface area contributed by atoms with Gasteiger partial charge in [0.1, 0.15) is 11.5 Å². The van der Waals surface area contributed by atoms with E-state index < -0.39 is 0 Å². The summed E-state index contributed by atoms with van der Waals surface area (Å²) in [6.07, 6.45) is 3.88. The van der Waals surface area contributed by atoms with Crippen molar-refractivity contribution in [2.75, 3.05) is 12.4 Å². The number of carbonyl (C=O) groups is 1. The van der Waals surface area contributed by atoms with Crippen LogP contribution < -0.4 is 15.4 Å². The molecule has 37 heavy (non-hydrogen) atoms. The Kier molecular flexibility index (Phi) is 6.46. The Hall–Kier alpha value is -4.13. The predicted molar refractivity (Wildman–Crippen MR) is 147 cm³/mol. The predicted octanol–water partition coefficient (Wildman–Crippen LogP) is 6.01. The van der Waals surface area contributed by atoms with Crippen LogP contribution >= 0.6 is 0 Å². The normalized spacial score (nSPS) is 13.1. The second-order valence-electron chi connectivity index (χ2n) is 10.0. The highest BCUT2D eigenvalue weighted by atomic mass is 16.5. The number of amides is 1. The second kappa shape index (κ2) is 9.73. The lowest BCUT2D eigenvalue weighted by molar-refractivity contribution is 0.0951. The van der Waals surface area contributed by atoms with Crippen LogP contribution in [-0.4, -0.2) is 40.2 Å². The number of nitrogens with one attached hydrogen (secondary N) is 2. The number of anilines is 1. The van der Waals surface area contributed by atoms with Crippen LogP contribution in [0.2, 0.25) is 0 Å². The molecule has 1 heterocycles. The van der Waals surface area contributed by atoms with Crippen molar-refractivity contribution in [3.05, 3.63) is 65.4 Å². The highest BCUT2D eigenvalue weighted by Crippen LogP contribution is 2.46. The van der Waals surface area contributed by atoms with Gasteiger partial charge in [-0.05, 0) is 93.1 Å². The van der Waals surface area contributed by atoms with E-state index in [0.717, 1.165) is 57.1 Å². The maximum absolute atomic E-state index is 12.9. The Labute approximate surface area is 216 Å². The van der Waals surface area contributed by atoms with Gasteiger partial charge in [-0.3, -0.25) is 4.79 Å². The van der Waals surface area contributed by atoms with Gasteiger partial charge in [-0.2, -0.15) is 0 Å². The van der Waals surface area contributed by atoms with E-state index in [2.05, 4.69) is 15.6 Å². The van der Waals surface area contributed by atoms with E-state index in [1.807, 2.05) is 64.2 Å². The van der Waals surface area contributed by atoms with Gasteiger partial charge >= 0.3 is 0 Å². The number of carbonyl (C=O) groups excluding carboxylic acids is 1. The van der Waals surface area contributed by atoms with Crippen LogP contribution in [0, 0.1) is 13.8 Å². The zero-order valence-corrected chi connectivity index (χ0v) is 21.8. The van der Waals surface area contributed by atoms with E-state index in [0.29, 0.717) is 17.3 Å². The number of aromatic hydroxyl groups is 1. The van der Waals surface area contributed by atoms with Crippen LogP contribution in [0.25, 0.3) is 33.2 Å². The van der Waals surface area contributed by atoms with Crippen LogP contribution in [0.15, 0.2) is 48.7 Å². The van der Waals surface area contributed by atoms with Crippen LogP contribution in [-0.2, 0) is 0 Å². The first-order chi connectivity index (χ1) is 17.7. The molecule has 7 heteroatoms. The van der Waals surface area contributed by atoms with Crippen molar-refractivity contribution in [1.82, 2.24) is 15.3 Å². The lowest BCUT2D eigenvalue weighted by atomic mass is 9.90. The quantitative estimate of drug-likeness (QED) is 0.290. The number of phenols is 1. The third kappa shape index (κ3) is 4.94. The molecule has 4 aromatic rings. The molecular weight excluding hydrogens is 464 g/mol. The molecule has 0 aliphatic heterocycles. The van der Waals surface area contributed by atoms with Gasteiger partial charge in [0.15, 0.2) is 0 Å². The molecule has 190 valence electrons. The van der Waals surface area contributed by atoms with Crippen molar-refractivity contribution in [2.45, 2.75) is 52.6 Å². The van der Waals surface area contributed by atoms with E-state index >= 15 is 0 Å². The maximum atomic E-state index is 12.9. The lowest BCUT2D eigenvalue weighted by Crippen LogP contribution is -2.25. The van der Waals surface area contributed by atoms with Gasteiger partial charge in [-0.1, -0.05) is 12.1 Å². The van der Waals surface area contributed by atoms with E-state index in [1.165, 1.54) is 0 Å². The second-order valence-corrected chi connectivity index (χ2v) is 10.0. The minimum Gasteiger partial charge on any atom is -0.508 e. The molecule has 0 radical (unpaired) electrons. The molecule has 3 N–H and O–H groups in total. The fourth-order valence-electron chi connectivity index (χ4n) is 4.63. The van der Waals surface area contributed by atoms with Gasteiger partial charge in [-0.25, -0.2) is 9.97 Å². The first kappa shape index (κ1) is 24.6. The summed E-state index contributed by atoms with van der Waals surface area (Å²) in [4.78, 5) is 22.3. The number of methoxy groups -OCH3 is 1. The summed E-state index contributed by atoms with van der Waals surface area (Å²) < 4.78 is 6.09. The van der Waals surface area contributed by atoms with Crippen LogP contribution in [0.4, 0.5) is 5.95 Å². The molecule has 1 aliphatic rings. The highest BCUT2D eigenvalue weighted by molar-refractivity contribution is 6.04. The Morgan fingerprint density at radius 2 is 1.81 bits per heavy atom. The van der Waals surface area contributed by atoms with E-state index in [-0.39, 0.29) is 23.7 Å². The third-order valence-electron chi connectivity index (χ3n) is 6.63. The molecule has 1 aromatic heterocycles. The highest BCUT2D eigenvalue weighted by Gasteiger charge is 2.25. The number of benzene rings is 3. The molecule has 5 rings (SSSR count). The van der Waals surface area contributed by atoms with Crippen molar-refractivity contribution in [2.24, 2.45) is 0 Å². The third-order valence-corrected chi connectivity index (χ3v) is 6.63. The fraction of sp³-hybridized carbons (Fsp3) is 0.300. The van der Waals surface area contributed by atoms with Gasteiger partial charge in [0.2, 0.25) is 5.95 Å². The van der Waals surface area contributed by atoms with Crippen molar-refractivity contribution < 1.29 is 14.6 Å². The molecule has 1 aliphatic carbocycles. The van der Waals surface area contributed by atoms with Gasteiger partial charge < -0.3 is 20.5 Å². The monoisotopic (exact) mass is 496 g/mol. The van der Waals surface area contributed by atoms with Crippen molar-refractivity contribution in [3.8, 4) is 33.8 Å². The first-order valence-electron chi connectivity index (χ1n) is 12.6. The summed E-state index contributed by atoms with van der Waals surface area (Å²) in [6, 6.07) is 13.5. The van der Waals surface area contributed by atoms with Crippen molar-refractivity contribution in [1.29, 1.82) is 0 Å². The molecule has 0 bridgehead atoms. The smallest absolute Gasteiger partial charge is 0.251 e. The summed E-state index contributed by atoms with van der Waals surface area (Å²) in [6.45, 7) is 8.06. The van der Waals surface area contributed by atoms with Gasteiger partial charge in [0.25, 0.3) is 5.91 Å². The van der Waals surface area contributed by atoms with Crippen LogP contribution in [0.1, 0.15) is 48.2 Å². The van der Waals surface area contributed by atoms with Crippen molar-refractivity contribution in [3.63, 3.8) is 0 Å². The Morgan fingerprint density at radius 1 is 1.03 bits per heavy atom. The average Bonchev–Trinajstić information content (AvgIpc) is 3.67. The molecular formula is C30H32N4O3. The SMILES string of the molecule is COc1c(-c2cc(C(=O)NC3CC3)ccc2C)cc2cnc(NC(C)C)nc2c1-c1ccc(O)cc1C. The molecule has 0 unspecified atom stereocenters. The standard InChI is InChI=1S/C30H32N4O3/c1-16(2)32-30-31-15-20-14-25(24-13-19(7-6-17(24)3)29(36)33-21-8-9-21)28(37-5)26(27(20)34-30)23-11-10-22(35)12-18(23)4/h6-7,10-16,21,35H,8-9H2,1-5H3,(H,33,36)(H,31,32,34). The Bertz CT molecular complexity index is 1510. The number of rotatable bonds is 7. The number of hydrogen-bond acceptors (Lipinski definition) is 6. The Morgan fingerprint density at radius 3 is 2.49 bits per heavy atom. The van der Waals surface area contributed by atoms with Gasteiger partial charge in [0.05, 0.1) is 18.2 Å². The molecule has 0 spiro atoms. The zero-order chi connectivity index (χ0) is 26.3. The van der Waals surface area contributed by atoms with E-state index in [9.17, 15) is 9.90 Å². The fourth-order valence-corrected chi connectivity index (χ4v) is 4.63. The van der Waals surface area contributed by atoms with E-state index in [4.69, 9.17) is 9.72 Å². The molecule has 1 amide bonds. The topological polar surface area (TPSA) is 96.4 Å². The minimum atomic E-state index is -0.0640. The number of hydrogen-bond donors (Lipinski definition) is 3. The first-order valence-corrected chi connectivity index (χ1v) is 12.6. The van der Waals surface area contributed by atoms with Crippen LogP contribution in [0.3, 0.4) is 0 Å². The Balaban J connectivity index is 1.78. The number of aromatic nitrogens is 2. The number of ether oxygens (including phenoxy) is 1. The summed E-state index contributed by atoms with van der Waals surface area (Å²) in [7, 11) is 1.65. The summed E-state index contributed by atoms with van der Waals surface area (Å²) >= 11 is 0. The molecule has 1 saturated carbocycles.